The largest absolute Gasteiger partial charge is 0.332 e. The fourth-order valence-corrected chi connectivity index (χ4v) is 11.2. The molecule has 2 nitrogen and oxygen atoms in total. The lowest BCUT2D eigenvalue weighted by Gasteiger charge is -2.42. The molecule has 1 heterocycles. The molecule has 1 aliphatic rings. The van der Waals surface area contributed by atoms with Gasteiger partial charge >= 0.3 is 0 Å². The summed E-state index contributed by atoms with van der Waals surface area (Å²) in [7, 11) is 0. The Balaban J connectivity index is 0.831. The van der Waals surface area contributed by atoms with E-state index < -0.39 is 0 Å². The van der Waals surface area contributed by atoms with Gasteiger partial charge < -0.3 is 9.47 Å². The van der Waals surface area contributed by atoms with Crippen LogP contribution in [-0.2, 0) is 0 Å². The molecule has 1 aromatic heterocycles. The maximum Gasteiger partial charge on any atom is 0.0643 e. The second-order valence-corrected chi connectivity index (χ2v) is 20.0. The highest BCUT2D eigenvalue weighted by Gasteiger charge is 2.32. The third-order valence-electron chi connectivity index (χ3n) is 15.1. The van der Waals surface area contributed by atoms with Crippen molar-refractivity contribution in [3.05, 3.63) is 303 Å². The molecule has 1 atom stereocenters. The molecule has 0 aliphatic heterocycles. The Morgan fingerprint density at radius 3 is 1.08 bits per heavy atom. The van der Waals surface area contributed by atoms with Crippen LogP contribution < -0.4 is 4.90 Å². The van der Waals surface area contributed by atoms with Gasteiger partial charge in [-0.2, -0.15) is 0 Å². The van der Waals surface area contributed by atoms with Crippen molar-refractivity contribution in [2.45, 2.75) is 18.9 Å². The van der Waals surface area contributed by atoms with Crippen molar-refractivity contribution >= 4 is 38.8 Å². The van der Waals surface area contributed by atoms with E-state index in [0.29, 0.717) is 0 Å². The zero-order valence-electron chi connectivity index (χ0n) is 41.9. The van der Waals surface area contributed by atoms with Crippen molar-refractivity contribution in [3.8, 4) is 72.4 Å². The van der Waals surface area contributed by atoms with Crippen LogP contribution in [0.4, 0.5) is 11.4 Å². The Kier molecular flexibility index (Phi) is 11.8. The first-order valence-corrected chi connectivity index (χ1v) is 26.0. The van der Waals surface area contributed by atoms with Crippen LogP contribution >= 0.6 is 0 Å². The first-order chi connectivity index (χ1) is 37.0. The van der Waals surface area contributed by atoms with Crippen molar-refractivity contribution in [2.24, 2.45) is 0 Å². The molecule has 0 saturated heterocycles. The van der Waals surface area contributed by atoms with Crippen molar-refractivity contribution in [3.63, 3.8) is 0 Å². The maximum absolute atomic E-state index is 2.52. The van der Waals surface area contributed by atoms with Crippen molar-refractivity contribution in [2.75, 3.05) is 4.90 Å². The molecular formula is C73H54N2. The van der Waals surface area contributed by atoms with Crippen molar-refractivity contribution in [1.82, 2.24) is 4.57 Å². The van der Waals surface area contributed by atoms with Crippen molar-refractivity contribution in [1.29, 1.82) is 0 Å². The molecule has 0 amide bonds. The number of allylic oxidation sites excluding steroid dienone is 2. The van der Waals surface area contributed by atoms with Gasteiger partial charge in [0.05, 0.1) is 16.6 Å². The first-order valence-electron chi connectivity index (χ1n) is 26.0. The van der Waals surface area contributed by atoms with Gasteiger partial charge in [-0.1, -0.05) is 224 Å². The number of fused-ring (bicyclic) bond motifs is 3. The fourth-order valence-electron chi connectivity index (χ4n) is 11.2. The molecule has 75 heavy (non-hydrogen) atoms. The average molecular weight is 959 g/mol. The number of nitrogens with zero attached hydrogens (tertiary/aromatic N) is 2. The zero-order valence-corrected chi connectivity index (χ0v) is 41.9. The van der Waals surface area contributed by atoms with Gasteiger partial charge in [-0.05, 0) is 164 Å². The minimum absolute atomic E-state index is 0.371. The Morgan fingerprint density at radius 2 is 0.667 bits per heavy atom. The molecule has 11 aromatic carbocycles. The lowest BCUT2D eigenvalue weighted by atomic mass is 9.85. The van der Waals surface area contributed by atoms with Gasteiger partial charge in [-0.3, -0.25) is 0 Å². The van der Waals surface area contributed by atoms with Crippen LogP contribution in [-0.4, -0.2) is 10.1 Å². The van der Waals surface area contributed by atoms with Crippen LogP contribution in [0.2, 0.25) is 0 Å². The number of rotatable bonds is 11. The highest BCUT2D eigenvalue weighted by atomic mass is 15.2. The van der Waals surface area contributed by atoms with Crippen LogP contribution in [0.25, 0.3) is 99.8 Å². The van der Waals surface area contributed by atoms with Crippen LogP contribution in [0, 0.1) is 0 Å². The van der Waals surface area contributed by atoms with Gasteiger partial charge in [0.2, 0.25) is 0 Å². The summed E-state index contributed by atoms with van der Waals surface area (Å²) in [6.45, 7) is 2.37. The van der Waals surface area contributed by atoms with E-state index in [0.717, 1.165) is 23.5 Å². The van der Waals surface area contributed by atoms with E-state index in [1.165, 1.54) is 99.7 Å². The van der Waals surface area contributed by atoms with E-state index in [2.05, 4.69) is 314 Å². The molecule has 0 fully saturated rings. The summed E-state index contributed by atoms with van der Waals surface area (Å²) >= 11 is 0. The second-order valence-electron chi connectivity index (χ2n) is 20.0. The van der Waals surface area contributed by atoms with Crippen LogP contribution in [0.1, 0.15) is 18.9 Å². The number of anilines is 2. The van der Waals surface area contributed by atoms with Crippen LogP contribution in [0.5, 0.6) is 0 Å². The minimum atomic E-state index is -0.371. The van der Waals surface area contributed by atoms with Gasteiger partial charge in [0, 0.05) is 27.8 Å². The van der Waals surface area contributed by atoms with Gasteiger partial charge in [0.1, 0.15) is 0 Å². The summed E-state index contributed by atoms with van der Waals surface area (Å²) in [6.07, 6.45) is 7.99. The summed E-state index contributed by atoms with van der Waals surface area (Å²) in [4.78, 5) is 2.52. The molecule has 0 saturated carbocycles. The molecular weight excluding hydrogens is 905 g/mol. The molecule has 13 rings (SSSR count). The summed E-state index contributed by atoms with van der Waals surface area (Å²) in [6, 6.07) is 102. The van der Waals surface area contributed by atoms with E-state index in [1.807, 2.05) is 0 Å². The number of benzene rings is 11. The van der Waals surface area contributed by atoms with Gasteiger partial charge in [-0.25, -0.2) is 0 Å². The minimum Gasteiger partial charge on any atom is -0.332 e. The SMILES string of the molecule is CC1(N(c2ccc(-c3cccc(-c4cccc(-c5ccccc5)c4)c3)cc2)c2ccc(-c3cccc(-c4cccc(-c5ccccc5)c4)c3)cc2)C=CC(c2cccc(-n3c4ccccc4c4ccccc43)c2)=CC1. The van der Waals surface area contributed by atoms with Crippen LogP contribution in [0.15, 0.2) is 297 Å². The molecule has 0 spiro atoms. The monoisotopic (exact) mass is 958 g/mol. The highest BCUT2D eigenvalue weighted by Crippen LogP contribution is 2.43. The van der Waals surface area contributed by atoms with Gasteiger partial charge in [-0.15, -0.1) is 0 Å². The van der Waals surface area contributed by atoms with Gasteiger partial charge in [0.25, 0.3) is 0 Å². The normalized spacial score (nSPS) is 14.2. The van der Waals surface area contributed by atoms with Crippen LogP contribution in [0.3, 0.4) is 0 Å². The highest BCUT2D eigenvalue weighted by molar-refractivity contribution is 6.09. The van der Waals surface area contributed by atoms with E-state index in [-0.39, 0.29) is 5.54 Å². The predicted octanol–water partition coefficient (Wildman–Crippen LogP) is 19.7. The zero-order chi connectivity index (χ0) is 50.1. The Hall–Kier alpha value is -9.50. The molecule has 0 bridgehead atoms. The number of hydrogen-bond acceptors (Lipinski definition) is 1. The fraction of sp³-hybridized carbons (Fsp3) is 0.0411. The Bertz CT molecular complexity index is 3860. The molecule has 1 unspecified atom stereocenters. The lowest BCUT2D eigenvalue weighted by molar-refractivity contribution is 0.571. The summed E-state index contributed by atoms with van der Waals surface area (Å²) in [5, 5.41) is 2.53. The number of para-hydroxylation sites is 2. The van der Waals surface area contributed by atoms with E-state index in [4.69, 9.17) is 0 Å². The van der Waals surface area contributed by atoms with E-state index in [9.17, 15) is 0 Å². The molecule has 12 aromatic rings. The molecule has 2 heteroatoms. The molecule has 1 aliphatic carbocycles. The maximum atomic E-state index is 2.52. The smallest absolute Gasteiger partial charge is 0.0643 e. The predicted molar refractivity (Wildman–Crippen MR) is 319 cm³/mol. The summed E-state index contributed by atoms with van der Waals surface area (Å²) < 4.78 is 2.40. The summed E-state index contributed by atoms with van der Waals surface area (Å²) in [5.74, 6) is 0. The molecule has 356 valence electrons. The third-order valence-corrected chi connectivity index (χ3v) is 15.1. The second kappa shape index (κ2) is 19.5. The van der Waals surface area contributed by atoms with E-state index in [1.54, 1.807) is 0 Å². The Morgan fingerprint density at radius 1 is 0.320 bits per heavy atom. The van der Waals surface area contributed by atoms with E-state index >= 15 is 0 Å². The Labute approximate surface area is 440 Å². The topological polar surface area (TPSA) is 8.17 Å². The quantitative estimate of drug-likeness (QED) is 0.125. The van der Waals surface area contributed by atoms with Gasteiger partial charge in [0.15, 0.2) is 0 Å². The first kappa shape index (κ1) is 45.4. The number of hydrogen-bond donors (Lipinski definition) is 0. The molecule has 0 radical (unpaired) electrons. The summed E-state index contributed by atoms with van der Waals surface area (Å²) in [5.41, 5.74) is 22.3. The number of aromatic nitrogens is 1. The standard InChI is InChI=1S/C73H54N2/c1-73(45-43-56(44-46-73)65-29-16-30-68(51-65)74-71-33-10-8-31-69(71)70-32-9-11-34-72(70)74)75(66-39-35-54(36-40-66)59-23-14-27-63(49-59)61-25-12-21-57(47-61)52-17-4-2-5-18-52)67-41-37-55(38-42-67)60-24-15-28-64(50-60)62-26-13-22-58(48-62)53-19-6-3-7-20-53/h2-45,47-51H,46H2,1H3. The third kappa shape index (κ3) is 8.87. The van der Waals surface area contributed by atoms with Crippen molar-refractivity contribution < 1.29 is 0 Å². The molecule has 0 N–H and O–H groups in total. The lowest BCUT2D eigenvalue weighted by Crippen LogP contribution is -2.42. The average Bonchev–Trinajstić information content (AvgIpc) is 3.83.